The van der Waals surface area contributed by atoms with E-state index in [9.17, 15) is 18.4 Å². The smallest absolute Gasteiger partial charge is 0.226 e. The average Bonchev–Trinajstić information content (AvgIpc) is 2.59. The Labute approximate surface area is 151 Å². The van der Waals surface area contributed by atoms with Crippen LogP contribution in [0.1, 0.15) is 31.4 Å². The number of para-hydroxylation sites is 1. The zero-order valence-electron chi connectivity index (χ0n) is 15.1. The lowest BCUT2D eigenvalue weighted by atomic mass is 10.1. The van der Waals surface area contributed by atoms with Crippen LogP contribution in [-0.4, -0.2) is 18.4 Å². The monoisotopic (exact) mass is 360 g/mol. The van der Waals surface area contributed by atoms with E-state index in [1.807, 2.05) is 32.0 Å². The Kier molecular flexibility index (Phi) is 6.44. The molecular formula is C20H22F2N2O2. The number of rotatable bonds is 6. The van der Waals surface area contributed by atoms with Crippen molar-refractivity contribution in [3.05, 3.63) is 59.2 Å². The lowest BCUT2D eigenvalue weighted by Gasteiger charge is -2.21. The first kappa shape index (κ1) is 19.6. The zero-order chi connectivity index (χ0) is 19.3. The van der Waals surface area contributed by atoms with Crippen molar-refractivity contribution in [2.75, 3.05) is 16.8 Å². The first-order valence-electron chi connectivity index (χ1n) is 8.45. The number of carbonyl (C=O) groups excluding carboxylic acids is 2. The molecule has 6 heteroatoms. The minimum atomic E-state index is -1.04. The first-order chi connectivity index (χ1) is 12.3. The van der Waals surface area contributed by atoms with E-state index in [1.165, 1.54) is 17.9 Å². The van der Waals surface area contributed by atoms with Gasteiger partial charge in [-0.15, -0.1) is 0 Å². The van der Waals surface area contributed by atoms with Crippen LogP contribution in [0, 0.1) is 18.6 Å². The molecule has 2 amide bonds. The highest BCUT2D eigenvalue weighted by molar-refractivity contribution is 5.95. The summed E-state index contributed by atoms with van der Waals surface area (Å²) in [6.45, 7) is 5.30. The number of hydrogen-bond acceptors (Lipinski definition) is 2. The van der Waals surface area contributed by atoms with Crippen LogP contribution in [0.15, 0.2) is 36.4 Å². The summed E-state index contributed by atoms with van der Waals surface area (Å²) in [6, 6.07) is 9.02. The second kappa shape index (κ2) is 8.56. The van der Waals surface area contributed by atoms with Crippen molar-refractivity contribution in [1.82, 2.24) is 0 Å². The topological polar surface area (TPSA) is 49.4 Å². The summed E-state index contributed by atoms with van der Waals surface area (Å²) in [7, 11) is 0. The van der Waals surface area contributed by atoms with Gasteiger partial charge in [0.1, 0.15) is 0 Å². The molecule has 0 unspecified atom stereocenters. The van der Waals surface area contributed by atoms with E-state index < -0.39 is 11.6 Å². The maximum absolute atomic E-state index is 13.4. The van der Waals surface area contributed by atoms with Crippen LogP contribution in [-0.2, 0) is 16.0 Å². The number of nitrogens with zero attached hydrogens (tertiary/aromatic N) is 1. The van der Waals surface area contributed by atoms with Gasteiger partial charge in [-0.1, -0.05) is 25.1 Å². The second-order valence-electron chi connectivity index (χ2n) is 6.03. The maximum atomic E-state index is 13.4. The van der Waals surface area contributed by atoms with Gasteiger partial charge in [-0.3, -0.25) is 9.59 Å². The van der Waals surface area contributed by atoms with Gasteiger partial charge in [0, 0.05) is 37.3 Å². The summed E-state index contributed by atoms with van der Waals surface area (Å²) in [6.07, 6.45) is 0.821. The fourth-order valence-electron chi connectivity index (χ4n) is 2.74. The molecule has 0 atom stereocenters. The molecule has 0 fully saturated rings. The molecule has 0 heterocycles. The minimum absolute atomic E-state index is 0.0378. The van der Waals surface area contributed by atoms with Crippen LogP contribution in [0.3, 0.4) is 0 Å². The Morgan fingerprint density at radius 3 is 2.46 bits per heavy atom. The van der Waals surface area contributed by atoms with Crippen LogP contribution in [0.2, 0.25) is 0 Å². The Hall–Kier alpha value is -2.76. The minimum Gasteiger partial charge on any atom is -0.326 e. The largest absolute Gasteiger partial charge is 0.326 e. The number of anilines is 2. The molecule has 2 aromatic carbocycles. The van der Waals surface area contributed by atoms with Gasteiger partial charge in [0.25, 0.3) is 0 Å². The highest BCUT2D eigenvalue weighted by Crippen LogP contribution is 2.22. The van der Waals surface area contributed by atoms with E-state index >= 15 is 0 Å². The number of nitrogens with one attached hydrogen (secondary N) is 1. The lowest BCUT2D eigenvalue weighted by molar-refractivity contribution is -0.117. The third kappa shape index (κ3) is 4.65. The molecule has 2 aromatic rings. The van der Waals surface area contributed by atoms with Crippen molar-refractivity contribution in [2.45, 2.75) is 33.6 Å². The Morgan fingerprint density at radius 2 is 1.85 bits per heavy atom. The zero-order valence-corrected chi connectivity index (χ0v) is 15.1. The summed E-state index contributed by atoms with van der Waals surface area (Å²) in [5.74, 6) is -2.62. The van der Waals surface area contributed by atoms with E-state index in [2.05, 4.69) is 5.32 Å². The molecule has 0 aromatic heterocycles. The predicted molar refractivity (Wildman–Crippen MR) is 98.2 cm³/mol. The van der Waals surface area contributed by atoms with E-state index in [1.54, 1.807) is 0 Å². The van der Waals surface area contributed by atoms with Crippen LogP contribution < -0.4 is 10.2 Å². The normalized spacial score (nSPS) is 10.5. The molecule has 4 nitrogen and oxygen atoms in total. The fraction of sp³-hybridized carbons (Fsp3) is 0.300. The average molecular weight is 360 g/mol. The molecule has 0 bridgehead atoms. The van der Waals surface area contributed by atoms with Crippen molar-refractivity contribution in [2.24, 2.45) is 0 Å². The van der Waals surface area contributed by atoms with Crippen molar-refractivity contribution >= 4 is 23.2 Å². The number of halogens is 2. The van der Waals surface area contributed by atoms with Crippen molar-refractivity contribution in [3.63, 3.8) is 0 Å². The van der Waals surface area contributed by atoms with Gasteiger partial charge in [-0.2, -0.15) is 0 Å². The Morgan fingerprint density at radius 1 is 1.12 bits per heavy atom. The lowest BCUT2D eigenvalue weighted by Crippen LogP contribution is -2.32. The number of aryl methyl sites for hydroxylation is 2. The maximum Gasteiger partial charge on any atom is 0.226 e. The summed E-state index contributed by atoms with van der Waals surface area (Å²) >= 11 is 0. The molecule has 2 rings (SSSR count). The van der Waals surface area contributed by atoms with E-state index in [0.29, 0.717) is 0 Å². The third-order valence-corrected chi connectivity index (χ3v) is 4.16. The Balaban J connectivity index is 2.09. The van der Waals surface area contributed by atoms with Crippen LogP contribution in [0.4, 0.5) is 20.2 Å². The molecule has 0 aliphatic heterocycles. The molecule has 0 radical (unpaired) electrons. The molecule has 0 spiro atoms. The fourth-order valence-corrected chi connectivity index (χ4v) is 2.74. The molecule has 0 saturated carbocycles. The van der Waals surface area contributed by atoms with Gasteiger partial charge < -0.3 is 10.2 Å². The SMILES string of the molecule is CCc1cccc(C)c1NC(=O)CCN(C(C)=O)c1ccc(F)c(F)c1. The van der Waals surface area contributed by atoms with Gasteiger partial charge in [0.05, 0.1) is 0 Å². The number of benzene rings is 2. The first-order valence-corrected chi connectivity index (χ1v) is 8.45. The van der Waals surface area contributed by atoms with Gasteiger partial charge in [-0.05, 0) is 36.6 Å². The van der Waals surface area contributed by atoms with Crippen LogP contribution >= 0.6 is 0 Å². The highest BCUT2D eigenvalue weighted by Gasteiger charge is 2.16. The van der Waals surface area contributed by atoms with Gasteiger partial charge in [0.2, 0.25) is 11.8 Å². The quantitative estimate of drug-likeness (QED) is 0.839. The summed E-state index contributed by atoms with van der Waals surface area (Å²) in [4.78, 5) is 25.4. The van der Waals surface area contributed by atoms with E-state index in [-0.39, 0.29) is 30.5 Å². The molecule has 138 valence electrons. The third-order valence-electron chi connectivity index (χ3n) is 4.16. The van der Waals surface area contributed by atoms with Gasteiger partial charge in [0.15, 0.2) is 11.6 Å². The highest BCUT2D eigenvalue weighted by atomic mass is 19.2. The van der Waals surface area contributed by atoms with E-state index in [0.717, 1.165) is 35.4 Å². The van der Waals surface area contributed by atoms with Crippen molar-refractivity contribution < 1.29 is 18.4 Å². The summed E-state index contributed by atoms with van der Waals surface area (Å²) < 4.78 is 26.5. The number of amides is 2. The molecule has 0 saturated heterocycles. The predicted octanol–water partition coefficient (Wildman–Crippen LogP) is 4.22. The van der Waals surface area contributed by atoms with Crippen molar-refractivity contribution in [3.8, 4) is 0 Å². The Bertz CT molecular complexity index is 821. The summed E-state index contributed by atoms with van der Waals surface area (Å²) in [5, 5.41) is 2.89. The van der Waals surface area contributed by atoms with Gasteiger partial charge >= 0.3 is 0 Å². The molecule has 26 heavy (non-hydrogen) atoms. The van der Waals surface area contributed by atoms with Crippen molar-refractivity contribution in [1.29, 1.82) is 0 Å². The van der Waals surface area contributed by atoms with Gasteiger partial charge in [-0.25, -0.2) is 8.78 Å². The molecule has 0 aliphatic rings. The molecular weight excluding hydrogens is 338 g/mol. The molecule has 0 aliphatic carbocycles. The second-order valence-corrected chi connectivity index (χ2v) is 6.03. The number of carbonyl (C=O) groups is 2. The van der Waals surface area contributed by atoms with Crippen LogP contribution in [0.25, 0.3) is 0 Å². The standard InChI is InChI=1S/C20H22F2N2O2/c1-4-15-7-5-6-13(2)20(15)23-19(26)10-11-24(14(3)25)16-8-9-17(21)18(22)12-16/h5-9,12H,4,10-11H2,1-3H3,(H,23,26). The number of hydrogen-bond donors (Lipinski definition) is 1. The summed E-state index contributed by atoms with van der Waals surface area (Å²) in [5.41, 5.74) is 2.99. The van der Waals surface area contributed by atoms with E-state index in [4.69, 9.17) is 0 Å². The molecule has 1 N–H and O–H groups in total. The van der Waals surface area contributed by atoms with Crippen LogP contribution in [0.5, 0.6) is 0 Å².